The first-order valence-corrected chi connectivity index (χ1v) is 7.49. The van der Waals surface area contributed by atoms with E-state index in [1.54, 1.807) is 6.92 Å². The van der Waals surface area contributed by atoms with Crippen molar-refractivity contribution in [3.63, 3.8) is 0 Å². The molecule has 1 aromatic rings. The largest absolute Gasteiger partial charge is 0.389 e. The van der Waals surface area contributed by atoms with Gasteiger partial charge in [0.05, 0.1) is 11.8 Å². The summed E-state index contributed by atoms with van der Waals surface area (Å²) in [6.07, 6.45) is 0.912. The van der Waals surface area contributed by atoms with Crippen molar-refractivity contribution in [2.45, 2.75) is 33.3 Å². The van der Waals surface area contributed by atoms with E-state index in [9.17, 15) is 5.11 Å². The topological polar surface area (TPSA) is 23.5 Å². The van der Waals surface area contributed by atoms with Gasteiger partial charge in [0.15, 0.2) is 0 Å². The second-order valence-corrected chi connectivity index (χ2v) is 6.59. The number of aliphatic hydroxyl groups excluding tert-OH is 1. The van der Waals surface area contributed by atoms with Gasteiger partial charge >= 0.3 is 0 Å². The van der Waals surface area contributed by atoms with Crippen molar-refractivity contribution in [2.75, 3.05) is 18.0 Å². The minimum Gasteiger partial charge on any atom is -0.389 e. The maximum atomic E-state index is 9.60. The van der Waals surface area contributed by atoms with Crippen LogP contribution in [0.5, 0.6) is 0 Å². The molecule has 1 fully saturated rings. The van der Waals surface area contributed by atoms with E-state index < -0.39 is 6.10 Å². The van der Waals surface area contributed by atoms with Crippen molar-refractivity contribution in [3.8, 4) is 0 Å². The van der Waals surface area contributed by atoms with E-state index in [2.05, 4.69) is 40.7 Å². The van der Waals surface area contributed by atoms with Gasteiger partial charge in [-0.15, -0.1) is 0 Å². The maximum absolute atomic E-state index is 9.60. The molecule has 2 rings (SSSR count). The van der Waals surface area contributed by atoms with Crippen molar-refractivity contribution < 1.29 is 5.11 Å². The maximum Gasteiger partial charge on any atom is 0.0762 e. The highest BCUT2D eigenvalue weighted by atomic mass is 79.9. The van der Waals surface area contributed by atoms with E-state index in [4.69, 9.17) is 0 Å². The fraction of sp³-hybridized carbons (Fsp3) is 0.600. The normalized spacial score (nSPS) is 26.2. The standard InChI is InChI=1S/C15H22BrNO/c1-10-6-11(2)9-17(8-10)15-5-4-13(12(3)18)7-14(15)16/h4-5,7,10-12,18H,6,8-9H2,1-3H3. The highest BCUT2D eigenvalue weighted by Gasteiger charge is 2.23. The summed E-state index contributed by atoms with van der Waals surface area (Å²) in [6, 6.07) is 6.18. The highest BCUT2D eigenvalue weighted by molar-refractivity contribution is 9.10. The lowest BCUT2D eigenvalue weighted by Crippen LogP contribution is -2.38. The molecule has 0 aliphatic carbocycles. The lowest BCUT2D eigenvalue weighted by molar-refractivity contribution is 0.199. The first-order valence-electron chi connectivity index (χ1n) is 6.69. The molecule has 3 heteroatoms. The Labute approximate surface area is 118 Å². The second kappa shape index (κ2) is 5.62. The number of piperidine rings is 1. The lowest BCUT2D eigenvalue weighted by atomic mass is 9.91. The Bertz CT molecular complexity index is 409. The summed E-state index contributed by atoms with van der Waals surface area (Å²) in [4.78, 5) is 2.45. The Kier molecular flexibility index (Phi) is 4.33. The molecule has 3 atom stereocenters. The Morgan fingerprint density at radius 2 is 1.89 bits per heavy atom. The molecule has 1 N–H and O–H groups in total. The predicted molar refractivity (Wildman–Crippen MR) is 79.9 cm³/mol. The molecule has 100 valence electrons. The first kappa shape index (κ1) is 13.9. The van der Waals surface area contributed by atoms with Gasteiger partial charge in [-0.3, -0.25) is 0 Å². The summed E-state index contributed by atoms with van der Waals surface area (Å²) >= 11 is 3.64. The molecule has 3 unspecified atom stereocenters. The zero-order chi connectivity index (χ0) is 13.3. The van der Waals surface area contributed by atoms with E-state index in [0.717, 1.165) is 35.0 Å². The van der Waals surface area contributed by atoms with E-state index in [-0.39, 0.29) is 0 Å². The third kappa shape index (κ3) is 3.07. The molecule has 0 radical (unpaired) electrons. The monoisotopic (exact) mass is 311 g/mol. The van der Waals surface area contributed by atoms with Crippen LogP contribution >= 0.6 is 15.9 Å². The van der Waals surface area contributed by atoms with E-state index >= 15 is 0 Å². The fourth-order valence-corrected chi connectivity index (χ4v) is 3.55. The minimum atomic E-state index is -0.408. The van der Waals surface area contributed by atoms with Gasteiger partial charge in [-0.25, -0.2) is 0 Å². The molecule has 0 amide bonds. The van der Waals surface area contributed by atoms with Crippen molar-refractivity contribution in [1.29, 1.82) is 0 Å². The summed E-state index contributed by atoms with van der Waals surface area (Å²) in [5.74, 6) is 1.49. The summed E-state index contributed by atoms with van der Waals surface area (Å²) in [7, 11) is 0. The SMILES string of the molecule is CC1CC(C)CN(c2ccc(C(C)O)cc2Br)C1. The van der Waals surface area contributed by atoms with Gasteiger partial charge in [-0.1, -0.05) is 19.9 Å². The Morgan fingerprint density at radius 1 is 1.28 bits per heavy atom. The van der Waals surface area contributed by atoms with Crippen LogP contribution in [-0.2, 0) is 0 Å². The minimum absolute atomic E-state index is 0.408. The Morgan fingerprint density at radius 3 is 2.39 bits per heavy atom. The third-order valence-corrected chi connectivity index (χ3v) is 4.30. The molecule has 1 saturated heterocycles. The van der Waals surface area contributed by atoms with E-state index in [1.165, 1.54) is 12.1 Å². The molecule has 1 heterocycles. The quantitative estimate of drug-likeness (QED) is 0.893. The fourth-order valence-electron chi connectivity index (χ4n) is 2.90. The summed E-state index contributed by atoms with van der Waals surface area (Å²) in [6.45, 7) is 8.68. The molecule has 0 aromatic heterocycles. The van der Waals surface area contributed by atoms with Gasteiger partial charge in [-0.2, -0.15) is 0 Å². The number of hydrogen-bond acceptors (Lipinski definition) is 2. The van der Waals surface area contributed by atoms with Crippen molar-refractivity contribution in [3.05, 3.63) is 28.2 Å². The number of hydrogen-bond donors (Lipinski definition) is 1. The predicted octanol–water partition coefficient (Wildman–Crippen LogP) is 3.98. The van der Waals surface area contributed by atoms with Gasteiger partial charge in [-0.05, 0) is 58.8 Å². The van der Waals surface area contributed by atoms with Gasteiger partial charge in [0.1, 0.15) is 0 Å². The van der Waals surface area contributed by atoms with Crippen LogP contribution in [0, 0.1) is 11.8 Å². The number of anilines is 1. The first-order chi connectivity index (χ1) is 8.47. The molecule has 0 spiro atoms. The summed E-state index contributed by atoms with van der Waals surface area (Å²) in [5.41, 5.74) is 2.21. The number of aliphatic hydroxyl groups is 1. The van der Waals surface area contributed by atoms with Crippen molar-refractivity contribution in [2.24, 2.45) is 11.8 Å². The van der Waals surface area contributed by atoms with Crippen molar-refractivity contribution >= 4 is 21.6 Å². The number of nitrogens with zero attached hydrogens (tertiary/aromatic N) is 1. The number of halogens is 1. The molecule has 0 saturated carbocycles. The van der Waals surface area contributed by atoms with Crippen LogP contribution in [0.2, 0.25) is 0 Å². The molecule has 0 bridgehead atoms. The van der Waals surface area contributed by atoms with Gasteiger partial charge in [0.2, 0.25) is 0 Å². The smallest absolute Gasteiger partial charge is 0.0762 e. The van der Waals surface area contributed by atoms with E-state index in [1.807, 2.05) is 12.1 Å². The van der Waals surface area contributed by atoms with Gasteiger partial charge in [0, 0.05) is 17.6 Å². The van der Waals surface area contributed by atoms with Crippen LogP contribution in [0.4, 0.5) is 5.69 Å². The molecule has 2 nitrogen and oxygen atoms in total. The molecule has 1 aromatic carbocycles. The van der Waals surface area contributed by atoms with Crippen LogP contribution in [0.1, 0.15) is 38.9 Å². The third-order valence-electron chi connectivity index (χ3n) is 3.66. The zero-order valence-electron chi connectivity index (χ0n) is 11.4. The Hall–Kier alpha value is -0.540. The molecule has 18 heavy (non-hydrogen) atoms. The molecule has 1 aliphatic heterocycles. The van der Waals surface area contributed by atoms with Crippen LogP contribution in [0.3, 0.4) is 0 Å². The number of rotatable bonds is 2. The molecular formula is C15H22BrNO. The van der Waals surface area contributed by atoms with Crippen LogP contribution in [-0.4, -0.2) is 18.2 Å². The summed E-state index contributed by atoms with van der Waals surface area (Å²) < 4.78 is 1.09. The molecular weight excluding hydrogens is 290 g/mol. The van der Waals surface area contributed by atoms with Gasteiger partial charge < -0.3 is 10.0 Å². The zero-order valence-corrected chi connectivity index (χ0v) is 12.9. The second-order valence-electron chi connectivity index (χ2n) is 5.74. The van der Waals surface area contributed by atoms with Crippen LogP contribution in [0.25, 0.3) is 0 Å². The summed E-state index contributed by atoms with van der Waals surface area (Å²) in [5, 5.41) is 9.60. The Balaban J connectivity index is 2.22. The van der Waals surface area contributed by atoms with E-state index in [0.29, 0.717) is 0 Å². The molecule has 1 aliphatic rings. The average Bonchev–Trinajstić information content (AvgIpc) is 2.27. The number of benzene rings is 1. The van der Waals surface area contributed by atoms with Crippen molar-refractivity contribution in [1.82, 2.24) is 0 Å². The average molecular weight is 312 g/mol. The van der Waals surface area contributed by atoms with Crippen LogP contribution < -0.4 is 4.90 Å². The lowest BCUT2D eigenvalue weighted by Gasteiger charge is -2.37. The van der Waals surface area contributed by atoms with Gasteiger partial charge in [0.25, 0.3) is 0 Å². The van der Waals surface area contributed by atoms with Crippen LogP contribution in [0.15, 0.2) is 22.7 Å². The highest BCUT2D eigenvalue weighted by Crippen LogP contribution is 2.33.